The monoisotopic (exact) mass is 308 g/mol. The number of morpholine rings is 1. The van der Waals surface area contributed by atoms with E-state index < -0.39 is 0 Å². The van der Waals surface area contributed by atoms with Crippen LogP contribution in [0.2, 0.25) is 0 Å². The molecule has 1 aliphatic heterocycles. The third kappa shape index (κ3) is 3.58. The molecule has 1 aromatic carbocycles. The number of hydrogen-bond donors (Lipinski definition) is 1. The molecule has 1 N–H and O–H groups in total. The number of aromatic nitrogens is 1. The van der Waals surface area contributed by atoms with Gasteiger partial charge in [-0.3, -0.25) is 9.69 Å². The Labute approximate surface area is 126 Å². The number of hydrogen-bond acceptors (Lipinski definition) is 4. The molecule has 6 heteroatoms. The second-order valence-electron chi connectivity index (χ2n) is 5.02. The number of halogens is 1. The van der Waals surface area contributed by atoms with Gasteiger partial charge in [0.1, 0.15) is 5.82 Å². The Morgan fingerprint density at radius 3 is 2.67 bits per heavy atom. The SMILES string of the molecule is O=c1[nH]c(-c2ccc(F)cc2)c(CCN2CCOCC2)s1. The van der Waals surface area contributed by atoms with Crippen LogP contribution in [-0.4, -0.2) is 42.7 Å². The van der Waals surface area contributed by atoms with Gasteiger partial charge in [0.05, 0.1) is 18.9 Å². The molecule has 1 aromatic heterocycles. The molecule has 2 aromatic rings. The smallest absolute Gasteiger partial charge is 0.305 e. The van der Waals surface area contributed by atoms with Crippen molar-refractivity contribution in [1.29, 1.82) is 0 Å². The van der Waals surface area contributed by atoms with Crippen LogP contribution in [0.4, 0.5) is 4.39 Å². The first kappa shape index (κ1) is 14.4. The highest BCUT2D eigenvalue weighted by Gasteiger charge is 2.14. The fourth-order valence-corrected chi connectivity index (χ4v) is 3.31. The minimum absolute atomic E-state index is 0.0636. The molecule has 4 nitrogen and oxygen atoms in total. The molecule has 2 heterocycles. The Bertz CT molecular complexity index is 644. The van der Waals surface area contributed by atoms with E-state index in [1.807, 2.05) is 0 Å². The maximum Gasteiger partial charge on any atom is 0.305 e. The van der Waals surface area contributed by atoms with Crippen molar-refractivity contribution in [2.24, 2.45) is 0 Å². The first-order valence-corrected chi connectivity index (χ1v) is 7.82. The van der Waals surface area contributed by atoms with Gasteiger partial charge in [-0.05, 0) is 36.2 Å². The summed E-state index contributed by atoms with van der Waals surface area (Å²) in [5.41, 5.74) is 1.67. The van der Waals surface area contributed by atoms with Crippen molar-refractivity contribution in [1.82, 2.24) is 9.88 Å². The van der Waals surface area contributed by atoms with Crippen LogP contribution in [0.15, 0.2) is 29.1 Å². The van der Waals surface area contributed by atoms with Crippen LogP contribution in [0, 0.1) is 5.82 Å². The van der Waals surface area contributed by atoms with Gasteiger partial charge in [0, 0.05) is 24.5 Å². The molecule has 0 unspecified atom stereocenters. The van der Waals surface area contributed by atoms with Crippen LogP contribution in [0.5, 0.6) is 0 Å². The lowest BCUT2D eigenvalue weighted by Gasteiger charge is -2.26. The number of ether oxygens (including phenoxy) is 1. The van der Waals surface area contributed by atoms with Crippen molar-refractivity contribution in [2.75, 3.05) is 32.8 Å². The fraction of sp³-hybridized carbons (Fsp3) is 0.400. The normalized spacial score (nSPS) is 16.2. The molecular weight excluding hydrogens is 291 g/mol. The molecular formula is C15H17FN2O2S. The average molecular weight is 308 g/mol. The number of thiazole rings is 1. The Morgan fingerprint density at radius 1 is 1.24 bits per heavy atom. The minimum Gasteiger partial charge on any atom is -0.379 e. The van der Waals surface area contributed by atoms with Gasteiger partial charge >= 0.3 is 4.87 Å². The van der Waals surface area contributed by atoms with E-state index in [9.17, 15) is 9.18 Å². The highest BCUT2D eigenvalue weighted by Crippen LogP contribution is 2.24. The van der Waals surface area contributed by atoms with Crippen molar-refractivity contribution in [2.45, 2.75) is 6.42 Å². The van der Waals surface area contributed by atoms with Crippen LogP contribution in [0.3, 0.4) is 0 Å². The first-order chi connectivity index (χ1) is 10.2. The van der Waals surface area contributed by atoms with E-state index >= 15 is 0 Å². The molecule has 0 atom stereocenters. The number of nitrogens with one attached hydrogen (secondary N) is 1. The van der Waals surface area contributed by atoms with Crippen LogP contribution in [0.25, 0.3) is 11.3 Å². The lowest BCUT2D eigenvalue weighted by molar-refractivity contribution is 0.0385. The Balaban J connectivity index is 1.75. The largest absolute Gasteiger partial charge is 0.379 e. The summed E-state index contributed by atoms with van der Waals surface area (Å²) in [6, 6.07) is 6.23. The topological polar surface area (TPSA) is 45.3 Å². The number of benzene rings is 1. The molecule has 3 rings (SSSR count). The van der Waals surface area contributed by atoms with Crippen LogP contribution in [0.1, 0.15) is 4.88 Å². The zero-order valence-corrected chi connectivity index (χ0v) is 12.4. The highest BCUT2D eigenvalue weighted by atomic mass is 32.1. The molecule has 0 bridgehead atoms. The molecule has 1 aliphatic rings. The van der Waals surface area contributed by atoms with Crippen molar-refractivity contribution in [3.63, 3.8) is 0 Å². The zero-order chi connectivity index (χ0) is 14.7. The second-order valence-corrected chi connectivity index (χ2v) is 6.09. The summed E-state index contributed by atoms with van der Waals surface area (Å²) in [7, 11) is 0. The van der Waals surface area contributed by atoms with E-state index in [0.717, 1.165) is 55.4 Å². The van der Waals surface area contributed by atoms with Gasteiger partial charge < -0.3 is 9.72 Å². The molecule has 112 valence electrons. The van der Waals surface area contributed by atoms with E-state index in [-0.39, 0.29) is 10.7 Å². The summed E-state index contributed by atoms with van der Waals surface area (Å²) in [6.07, 6.45) is 0.816. The average Bonchev–Trinajstić information content (AvgIpc) is 2.88. The molecule has 0 amide bonds. The molecule has 21 heavy (non-hydrogen) atoms. The van der Waals surface area contributed by atoms with E-state index in [2.05, 4.69) is 9.88 Å². The van der Waals surface area contributed by atoms with Crippen LogP contribution in [-0.2, 0) is 11.2 Å². The van der Waals surface area contributed by atoms with Crippen LogP contribution < -0.4 is 4.87 Å². The lowest BCUT2D eigenvalue weighted by atomic mass is 10.1. The summed E-state index contributed by atoms with van der Waals surface area (Å²) in [6.45, 7) is 4.32. The van der Waals surface area contributed by atoms with Crippen molar-refractivity contribution in [3.8, 4) is 11.3 Å². The van der Waals surface area contributed by atoms with Gasteiger partial charge in [-0.25, -0.2) is 4.39 Å². The van der Waals surface area contributed by atoms with Crippen LogP contribution >= 0.6 is 11.3 Å². The van der Waals surface area contributed by atoms with E-state index in [0.29, 0.717) is 0 Å². The maximum absolute atomic E-state index is 13.0. The molecule has 0 saturated carbocycles. The van der Waals surface area contributed by atoms with Gasteiger partial charge in [0.15, 0.2) is 0 Å². The first-order valence-electron chi connectivity index (χ1n) is 7.00. The molecule has 0 radical (unpaired) electrons. The number of nitrogens with zero attached hydrogens (tertiary/aromatic N) is 1. The zero-order valence-electron chi connectivity index (χ0n) is 11.6. The summed E-state index contributed by atoms with van der Waals surface area (Å²) < 4.78 is 18.3. The third-order valence-electron chi connectivity index (χ3n) is 3.61. The van der Waals surface area contributed by atoms with Crippen molar-refractivity contribution < 1.29 is 9.13 Å². The van der Waals surface area contributed by atoms with Gasteiger partial charge in [-0.1, -0.05) is 11.3 Å². The Kier molecular flexibility index (Phi) is 4.48. The second kappa shape index (κ2) is 6.51. The standard InChI is InChI=1S/C15H17FN2O2S/c16-12-3-1-11(2-4-12)14-13(21-15(19)17-14)5-6-18-7-9-20-10-8-18/h1-4H,5-10H2,(H,17,19). The summed E-state index contributed by atoms with van der Waals surface area (Å²) in [4.78, 5) is 17.8. The summed E-state index contributed by atoms with van der Waals surface area (Å²) in [5, 5.41) is 0. The summed E-state index contributed by atoms with van der Waals surface area (Å²) in [5.74, 6) is -0.272. The van der Waals surface area contributed by atoms with Crippen molar-refractivity contribution >= 4 is 11.3 Å². The molecule has 0 aliphatic carbocycles. The van der Waals surface area contributed by atoms with Gasteiger partial charge in [0.25, 0.3) is 0 Å². The lowest BCUT2D eigenvalue weighted by Crippen LogP contribution is -2.37. The van der Waals surface area contributed by atoms with E-state index in [1.165, 1.54) is 23.5 Å². The quantitative estimate of drug-likeness (QED) is 0.941. The van der Waals surface area contributed by atoms with Gasteiger partial charge in [0.2, 0.25) is 0 Å². The minimum atomic E-state index is -0.272. The van der Waals surface area contributed by atoms with E-state index in [4.69, 9.17) is 4.74 Å². The third-order valence-corrected chi connectivity index (χ3v) is 4.56. The molecule has 0 spiro atoms. The summed E-state index contributed by atoms with van der Waals surface area (Å²) >= 11 is 1.24. The number of rotatable bonds is 4. The Morgan fingerprint density at radius 2 is 1.95 bits per heavy atom. The predicted molar refractivity (Wildman–Crippen MR) is 81.3 cm³/mol. The van der Waals surface area contributed by atoms with E-state index in [1.54, 1.807) is 12.1 Å². The predicted octanol–water partition coefficient (Wildman–Crippen LogP) is 2.12. The maximum atomic E-state index is 13.0. The van der Waals surface area contributed by atoms with Crippen molar-refractivity contribution in [3.05, 3.63) is 44.6 Å². The number of aromatic amines is 1. The Hall–Kier alpha value is -1.50. The molecule has 1 saturated heterocycles. The van der Waals surface area contributed by atoms with Gasteiger partial charge in [-0.15, -0.1) is 0 Å². The van der Waals surface area contributed by atoms with Gasteiger partial charge in [-0.2, -0.15) is 0 Å². The number of H-pyrrole nitrogens is 1. The fourth-order valence-electron chi connectivity index (χ4n) is 2.47. The highest BCUT2D eigenvalue weighted by molar-refractivity contribution is 7.09. The molecule has 1 fully saturated rings.